The highest BCUT2D eigenvalue weighted by atomic mass is 16.5. The highest BCUT2D eigenvalue weighted by Gasteiger charge is 2.27. The third kappa shape index (κ3) is 3.17. The predicted octanol–water partition coefficient (Wildman–Crippen LogP) is 0.210. The van der Waals surface area contributed by atoms with Crippen LogP contribution in [-0.4, -0.2) is 61.0 Å². The molecule has 4 heteroatoms. The maximum absolute atomic E-state index is 9.84. The second kappa shape index (κ2) is 5.96. The lowest BCUT2D eigenvalue weighted by Gasteiger charge is -2.36. The Bertz CT molecular complexity index is 205. The van der Waals surface area contributed by atoms with E-state index in [0.717, 1.165) is 13.0 Å². The van der Waals surface area contributed by atoms with E-state index in [1.807, 2.05) is 0 Å². The zero-order chi connectivity index (χ0) is 11.4. The number of aliphatic hydroxyl groups excluding tert-OH is 1. The molecule has 2 fully saturated rings. The van der Waals surface area contributed by atoms with Crippen molar-refractivity contribution in [3.05, 3.63) is 0 Å². The molecule has 2 rings (SSSR count). The van der Waals surface area contributed by atoms with Crippen molar-refractivity contribution in [2.75, 3.05) is 32.8 Å². The summed E-state index contributed by atoms with van der Waals surface area (Å²) < 4.78 is 5.40. The fraction of sp³-hybridized carbons (Fsp3) is 1.00. The Morgan fingerprint density at radius 1 is 1.31 bits per heavy atom. The Morgan fingerprint density at radius 3 is 2.69 bits per heavy atom. The minimum absolute atomic E-state index is 0.145. The van der Waals surface area contributed by atoms with Crippen LogP contribution in [0.4, 0.5) is 0 Å². The average Bonchev–Trinajstić information content (AvgIpc) is 2.33. The van der Waals surface area contributed by atoms with Gasteiger partial charge in [-0.3, -0.25) is 0 Å². The summed E-state index contributed by atoms with van der Waals surface area (Å²) in [5.41, 5.74) is 0. The molecule has 94 valence electrons. The predicted molar refractivity (Wildman–Crippen MR) is 63.5 cm³/mol. The van der Waals surface area contributed by atoms with E-state index < -0.39 is 0 Å². The van der Waals surface area contributed by atoms with Crippen molar-refractivity contribution in [1.29, 1.82) is 0 Å². The van der Waals surface area contributed by atoms with Gasteiger partial charge in [-0.25, -0.2) is 0 Å². The number of ether oxygens (including phenoxy) is 1. The van der Waals surface area contributed by atoms with Crippen LogP contribution in [0.25, 0.3) is 0 Å². The molecule has 16 heavy (non-hydrogen) atoms. The van der Waals surface area contributed by atoms with E-state index in [4.69, 9.17) is 4.74 Å². The molecule has 0 aromatic rings. The molecule has 0 bridgehead atoms. The lowest BCUT2D eigenvalue weighted by atomic mass is 10.0. The summed E-state index contributed by atoms with van der Waals surface area (Å²) in [6, 6.07) is 0.705. The molecule has 0 aromatic heterocycles. The van der Waals surface area contributed by atoms with Gasteiger partial charge in [0.15, 0.2) is 0 Å². The Balaban J connectivity index is 1.73. The van der Waals surface area contributed by atoms with Gasteiger partial charge in [-0.15, -0.1) is 0 Å². The molecule has 0 aromatic carbocycles. The highest BCUT2D eigenvalue weighted by molar-refractivity contribution is 4.85. The molecule has 0 radical (unpaired) electrons. The third-order valence-corrected chi connectivity index (χ3v) is 3.80. The van der Waals surface area contributed by atoms with Crippen LogP contribution >= 0.6 is 0 Å². The van der Waals surface area contributed by atoms with Gasteiger partial charge in [0, 0.05) is 12.6 Å². The van der Waals surface area contributed by atoms with Gasteiger partial charge in [-0.2, -0.15) is 0 Å². The van der Waals surface area contributed by atoms with Crippen molar-refractivity contribution in [2.45, 2.75) is 44.4 Å². The van der Waals surface area contributed by atoms with Gasteiger partial charge in [0.25, 0.3) is 0 Å². The summed E-state index contributed by atoms with van der Waals surface area (Å²) in [5.74, 6) is 0. The van der Waals surface area contributed by atoms with Crippen LogP contribution in [0.2, 0.25) is 0 Å². The van der Waals surface area contributed by atoms with Crippen molar-refractivity contribution < 1.29 is 9.84 Å². The summed E-state index contributed by atoms with van der Waals surface area (Å²) in [7, 11) is 0. The maximum atomic E-state index is 9.84. The summed E-state index contributed by atoms with van der Waals surface area (Å²) in [5, 5.41) is 13.4. The summed E-state index contributed by atoms with van der Waals surface area (Å²) in [6.45, 7) is 7.09. The second-order valence-corrected chi connectivity index (χ2v) is 4.91. The average molecular weight is 228 g/mol. The Hall–Kier alpha value is -0.160. The summed E-state index contributed by atoms with van der Waals surface area (Å²) in [6.07, 6.45) is 2.93. The van der Waals surface area contributed by atoms with Gasteiger partial charge < -0.3 is 20.1 Å². The molecule has 2 saturated heterocycles. The SMILES string of the molecule is CCN1CCC(N[C@@H]2COCC[C@H]2O)CC1. The van der Waals surface area contributed by atoms with Crippen LogP contribution in [0.1, 0.15) is 26.2 Å². The summed E-state index contributed by atoms with van der Waals surface area (Å²) in [4.78, 5) is 2.48. The lowest BCUT2D eigenvalue weighted by molar-refractivity contribution is -0.0214. The topological polar surface area (TPSA) is 44.7 Å². The maximum Gasteiger partial charge on any atom is 0.0737 e. The Kier molecular flexibility index (Phi) is 4.58. The van der Waals surface area contributed by atoms with Gasteiger partial charge >= 0.3 is 0 Å². The number of piperidine rings is 1. The van der Waals surface area contributed by atoms with Crippen LogP contribution in [0.15, 0.2) is 0 Å². The largest absolute Gasteiger partial charge is 0.391 e. The van der Waals surface area contributed by atoms with Crippen molar-refractivity contribution in [1.82, 2.24) is 10.2 Å². The highest BCUT2D eigenvalue weighted by Crippen LogP contribution is 2.14. The standard InChI is InChI=1S/C12H24N2O2/c1-2-14-6-3-10(4-7-14)13-11-9-16-8-5-12(11)15/h10-13,15H,2-9H2,1H3/t11-,12-/m1/s1. The van der Waals surface area contributed by atoms with E-state index in [1.54, 1.807) is 0 Å². The van der Waals surface area contributed by atoms with Gasteiger partial charge in [0.05, 0.1) is 18.8 Å². The van der Waals surface area contributed by atoms with Crippen molar-refractivity contribution >= 4 is 0 Å². The monoisotopic (exact) mass is 228 g/mol. The molecule has 2 aliphatic heterocycles. The minimum Gasteiger partial charge on any atom is -0.391 e. The number of hydrogen-bond acceptors (Lipinski definition) is 4. The van der Waals surface area contributed by atoms with E-state index >= 15 is 0 Å². The molecular formula is C12H24N2O2. The zero-order valence-electron chi connectivity index (χ0n) is 10.2. The van der Waals surface area contributed by atoms with Gasteiger partial charge in [-0.05, 0) is 38.9 Å². The molecule has 2 heterocycles. The number of rotatable bonds is 3. The zero-order valence-corrected chi connectivity index (χ0v) is 10.2. The normalized spacial score (nSPS) is 34.1. The van der Waals surface area contributed by atoms with Gasteiger partial charge in [0.2, 0.25) is 0 Å². The Morgan fingerprint density at radius 2 is 2.06 bits per heavy atom. The number of hydrogen-bond donors (Lipinski definition) is 2. The molecule has 2 atom stereocenters. The molecule has 0 spiro atoms. The van der Waals surface area contributed by atoms with E-state index in [-0.39, 0.29) is 12.1 Å². The van der Waals surface area contributed by atoms with E-state index in [9.17, 15) is 5.11 Å². The number of likely N-dealkylation sites (tertiary alicyclic amines) is 1. The molecule has 4 nitrogen and oxygen atoms in total. The van der Waals surface area contributed by atoms with Crippen LogP contribution in [0.5, 0.6) is 0 Å². The molecule has 0 unspecified atom stereocenters. The van der Waals surface area contributed by atoms with Crippen molar-refractivity contribution in [3.8, 4) is 0 Å². The van der Waals surface area contributed by atoms with Crippen LogP contribution in [0.3, 0.4) is 0 Å². The molecule has 2 N–H and O–H groups in total. The fourth-order valence-electron chi connectivity index (χ4n) is 2.60. The quantitative estimate of drug-likeness (QED) is 0.725. The van der Waals surface area contributed by atoms with Gasteiger partial charge in [0.1, 0.15) is 0 Å². The van der Waals surface area contributed by atoms with Crippen molar-refractivity contribution in [3.63, 3.8) is 0 Å². The molecule has 0 amide bonds. The first-order chi connectivity index (χ1) is 7.79. The second-order valence-electron chi connectivity index (χ2n) is 4.91. The number of aliphatic hydroxyl groups is 1. The van der Waals surface area contributed by atoms with E-state index in [0.29, 0.717) is 19.3 Å². The van der Waals surface area contributed by atoms with Crippen LogP contribution < -0.4 is 5.32 Å². The first-order valence-corrected chi connectivity index (χ1v) is 6.54. The van der Waals surface area contributed by atoms with E-state index in [2.05, 4.69) is 17.1 Å². The number of nitrogens with zero attached hydrogens (tertiary/aromatic N) is 1. The molecule has 2 aliphatic rings. The fourth-order valence-corrected chi connectivity index (χ4v) is 2.60. The molecular weight excluding hydrogens is 204 g/mol. The van der Waals surface area contributed by atoms with Crippen LogP contribution in [0, 0.1) is 0 Å². The summed E-state index contributed by atoms with van der Waals surface area (Å²) >= 11 is 0. The minimum atomic E-state index is -0.224. The van der Waals surface area contributed by atoms with Crippen molar-refractivity contribution in [2.24, 2.45) is 0 Å². The van der Waals surface area contributed by atoms with E-state index in [1.165, 1.54) is 25.9 Å². The number of nitrogens with one attached hydrogen (secondary N) is 1. The third-order valence-electron chi connectivity index (χ3n) is 3.80. The first kappa shape index (κ1) is 12.3. The molecule has 0 aliphatic carbocycles. The first-order valence-electron chi connectivity index (χ1n) is 6.54. The smallest absolute Gasteiger partial charge is 0.0737 e. The Labute approximate surface area is 98.0 Å². The lowest BCUT2D eigenvalue weighted by Crippen LogP contribution is -2.53. The van der Waals surface area contributed by atoms with Gasteiger partial charge in [-0.1, -0.05) is 6.92 Å². The molecule has 0 saturated carbocycles. The van der Waals surface area contributed by atoms with Crippen LogP contribution in [-0.2, 0) is 4.74 Å².